The number of carbonyl (C=O) groups excluding carboxylic acids is 2. The smallest absolute Gasteiger partial charge is 0.286 e. The van der Waals surface area contributed by atoms with Crippen LogP contribution in [-0.2, 0) is 11.2 Å². The molecule has 2 amide bonds. The average molecular weight is 455 g/mol. The third kappa shape index (κ3) is 5.28. The standard InChI is InChI=1S/C23H23FN4O3S/c1-31-19-10-4-15(5-11-19)13-20(29)28-12-2-3-16(14-28)22-26-27-23(32-22)21(30)25-18-8-6-17(24)7-9-18/h4-11,16H,2-3,12-14H2,1H3,(H,25,30). The lowest BCUT2D eigenvalue weighted by Gasteiger charge is -2.31. The van der Waals surface area contributed by atoms with Gasteiger partial charge in [0, 0.05) is 24.7 Å². The predicted molar refractivity (Wildman–Crippen MR) is 120 cm³/mol. The lowest BCUT2D eigenvalue weighted by atomic mass is 9.98. The lowest BCUT2D eigenvalue weighted by Crippen LogP contribution is -2.39. The van der Waals surface area contributed by atoms with E-state index in [9.17, 15) is 14.0 Å². The number of anilines is 1. The molecule has 0 bridgehead atoms. The first kappa shape index (κ1) is 21.9. The molecule has 1 aliphatic rings. The average Bonchev–Trinajstić information content (AvgIpc) is 3.32. The maximum Gasteiger partial charge on any atom is 0.286 e. The number of likely N-dealkylation sites (tertiary alicyclic amines) is 1. The quantitative estimate of drug-likeness (QED) is 0.611. The summed E-state index contributed by atoms with van der Waals surface area (Å²) in [6, 6.07) is 13.0. The molecule has 4 rings (SSSR count). The van der Waals surface area contributed by atoms with Crippen molar-refractivity contribution in [2.45, 2.75) is 25.2 Å². The van der Waals surface area contributed by atoms with Crippen molar-refractivity contribution in [3.63, 3.8) is 0 Å². The van der Waals surface area contributed by atoms with E-state index in [4.69, 9.17) is 4.74 Å². The van der Waals surface area contributed by atoms with Crippen LogP contribution in [0.25, 0.3) is 0 Å². The van der Waals surface area contributed by atoms with Gasteiger partial charge in [-0.05, 0) is 54.8 Å². The van der Waals surface area contributed by atoms with Crippen LogP contribution in [0.5, 0.6) is 5.75 Å². The number of amides is 2. The van der Waals surface area contributed by atoms with Crippen molar-refractivity contribution < 1.29 is 18.7 Å². The van der Waals surface area contributed by atoms with Gasteiger partial charge in [0.25, 0.3) is 5.91 Å². The highest BCUT2D eigenvalue weighted by Crippen LogP contribution is 2.30. The molecule has 32 heavy (non-hydrogen) atoms. The van der Waals surface area contributed by atoms with E-state index in [0.717, 1.165) is 29.2 Å². The number of rotatable bonds is 6. The molecule has 0 saturated carbocycles. The van der Waals surface area contributed by atoms with Gasteiger partial charge in [-0.15, -0.1) is 10.2 Å². The summed E-state index contributed by atoms with van der Waals surface area (Å²) >= 11 is 1.23. The number of ether oxygens (including phenoxy) is 1. The van der Waals surface area contributed by atoms with Gasteiger partial charge in [0.05, 0.1) is 13.5 Å². The second-order valence-electron chi connectivity index (χ2n) is 7.61. The van der Waals surface area contributed by atoms with Gasteiger partial charge in [-0.1, -0.05) is 23.5 Å². The third-order valence-electron chi connectivity index (χ3n) is 5.37. The molecule has 7 nitrogen and oxygen atoms in total. The molecule has 3 aromatic rings. The van der Waals surface area contributed by atoms with Crippen molar-refractivity contribution in [1.29, 1.82) is 0 Å². The Labute approximate surface area is 189 Å². The fraction of sp³-hybridized carbons (Fsp3) is 0.304. The zero-order valence-electron chi connectivity index (χ0n) is 17.6. The van der Waals surface area contributed by atoms with Gasteiger partial charge < -0.3 is 15.0 Å². The Hall–Kier alpha value is -3.33. The lowest BCUT2D eigenvalue weighted by molar-refractivity contribution is -0.131. The first-order valence-electron chi connectivity index (χ1n) is 10.3. The number of nitrogens with one attached hydrogen (secondary N) is 1. The molecular formula is C23H23FN4O3S. The molecule has 1 aromatic heterocycles. The van der Waals surface area contributed by atoms with E-state index in [0.29, 0.717) is 25.2 Å². The van der Waals surface area contributed by atoms with Crippen molar-refractivity contribution in [3.05, 3.63) is 69.9 Å². The molecular weight excluding hydrogens is 431 g/mol. The first-order chi connectivity index (χ1) is 15.5. The number of piperidine rings is 1. The van der Waals surface area contributed by atoms with Crippen LogP contribution in [0.15, 0.2) is 48.5 Å². The summed E-state index contributed by atoms with van der Waals surface area (Å²) in [7, 11) is 1.61. The maximum absolute atomic E-state index is 13.0. The fourth-order valence-corrected chi connectivity index (χ4v) is 4.51. The van der Waals surface area contributed by atoms with E-state index in [-0.39, 0.29) is 28.6 Å². The van der Waals surface area contributed by atoms with Crippen LogP contribution < -0.4 is 10.1 Å². The van der Waals surface area contributed by atoms with Crippen LogP contribution in [0.1, 0.15) is 39.1 Å². The molecule has 166 valence electrons. The Morgan fingerprint density at radius 3 is 2.62 bits per heavy atom. The van der Waals surface area contributed by atoms with Gasteiger partial charge in [-0.2, -0.15) is 0 Å². The molecule has 1 N–H and O–H groups in total. The fourth-order valence-electron chi connectivity index (χ4n) is 3.64. The molecule has 1 atom stereocenters. The molecule has 1 saturated heterocycles. The summed E-state index contributed by atoms with van der Waals surface area (Å²) in [5, 5.41) is 11.9. The van der Waals surface area contributed by atoms with Gasteiger partial charge >= 0.3 is 0 Å². The van der Waals surface area contributed by atoms with E-state index >= 15 is 0 Å². The molecule has 0 aliphatic carbocycles. The minimum atomic E-state index is -0.386. The van der Waals surface area contributed by atoms with Crippen LogP contribution in [0.2, 0.25) is 0 Å². The summed E-state index contributed by atoms with van der Waals surface area (Å²) in [5.74, 6) is 0.120. The third-order valence-corrected chi connectivity index (χ3v) is 6.46. The summed E-state index contributed by atoms with van der Waals surface area (Å²) in [6.45, 7) is 1.27. The van der Waals surface area contributed by atoms with E-state index < -0.39 is 0 Å². The number of aromatic nitrogens is 2. The van der Waals surface area contributed by atoms with Crippen molar-refractivity contribution in [3.8, 4) is 5.75 Å². The van der Waals surface area contributed by atoms with Gasteiger partial charge in [0.1, 0.15) is 16.6 Å². The molecule has 2 heterocycles. The topological polar surface area (TPSA) is 84.4 Å². The van der Waals surface area contributed by atoms with Gasteiger partial charge in [0.2, 0.25) is 10.9 Å². The Bertz CT molecular complexity index is 1090. The van der Waals surface area contributed by atoms with Gasteiger partial charge in [-0.25, -0.2) is 4.39 Å². The Morgan fingerprint density at radius 2 is 1.91 bits per heavy atom. The molecule has 1 fully saturated rings. The molecule has 0 radical (unpaired) electrons. The van der Waals surface area contributed by atoms with Crippen LogP contribution in [-0.4, -0.2) is 47.1 Å². The summed E-state index contributed by atoms with van der Waals surface area (Å²) in [5.41, 5.74) is 1.43. The zero-order chi connectivity index (χ0) is 22.5. The highest BCUT2D eigenvalue weighted by Gasteiger charge is 2.28. The predicted octanol–water partition coefficient (Wildman–Crippen LogP) is 3.89. The second-order valence-corrected chi connectivity index (χ2v) is 8.62. The molecule has 0 spiro atoms. The highest BCUT2D eigenvalue weighted by atomic mass is 32.1. The van der Waals surface area contributed by atoms with Crippen molar-refractivity contribution >= 4 is 28.8 Å². The first-order valence-corrected chi connectivity index (χ1v) is 11.1. The number of hydrogen-bond acceptors (Lipinski definition) is 6. The van der Waals surface area contributed by atoms with Gasteiger partial charge in [-0.3, -0.25) is 9.59 Å². The van der Waals surface area contributed by atoms with Crippen molar-refractivity contribution in [2.75, 3.05) is 25.5 Å². The Morgan fingerprint density at radius 1 is 1.16 bits per heavy atom. The SMILES string of the molecule is COc1ccc(CC(=O)N2CCCC(c3nnc(C(=O)Nc4ccc(F)cc4)s3)C2)cc1. The van der Waals surface area contributed by atoms with Crippen molar-refractivity contribution in [1.82, 2.24) is 15.1 Å². The number of halogens is 1. The number of benzene rings is 2. The van der Waals surface area contributed by atoms with Crippen LogP contribution in [0.4, 0.5) is 10.1 Å². The maximum atomic E-state index is 13.0. The summed E-state index contributed by atoms with van der Waals surface area (Å²) in [4.78, 5) is 27.1. The molecule has 1 unspecified atom stereocenters. The number of carbonyl (C=O) groups is 2. The molecule has 2 aromatic carbocycles. The van der Waals surface area contributed by atoms with Crippen molar-refractivity contribution in [2.24, 2.45) is 0 Å². The second kappa shape index (κ2) is 9.86. The van der Waals surface area contributed by atoms with E-state index in [2.05, 4.69) is 15.5 Å². The Kier molecular flexibility index (Phi) is 6.75. The summed E-state index contributed by atoms with van der Waals surface area (Å²) in [6.07, 6.45) is 2.09. The minimum Gasteiger partial charge on any atom is -0.497 e. The van der Waals surface area contributed by atoms with Crippen LogP contribution >= 0.6 is 11.3 Å². The van der Waals surface area contributed by atoms with Gasteiger partial charge in [0.15, 0.2) is 0 Å². The number of nitrogens with zero attached hydrogens (tertiary/aromatic N) is 3. The molecule has 9 heteroatoms. The minimum absolute atomic E-state index is 0.0495. The monoisotopic (exact) mass is 454 g/mol. The van der Waals surface area contributed by atoms with E-state index in [1.165, 1.54) is 35.6 Å². The summed E-state index contributed by atoms with van der Waals surface area (Å²) < 4.78 is 18.2. The Balaban J connectivity index is 1.36. The van der Waals surface area contributed by atoms with E-state index in [1.54, 1.807) is 7.11 Å². The number of methoxy groups -OCH3 is 1. The van der Waals surface area contributed by atoms with Crippen LogP contribution in [0, 0.1) is 5.82 Å². The normalized spacial score (nSPS) is 15.9. The highest BCUT2D eigenvalue weighted by molar-refractivity contribution is 7.13. The number of hydrogen-bond donors (Lipinski definition) is 1. The molecule has 1 aliphatic heterocycles. The van der Waals surface area contributed by atoms with E-state index in [1.807, 2.05) is 29.2 Å². The largest absolute Gasteiger partial charge is 0.497 e. The van der Waals surface area contributed by atoms with Crippen LogP contribution in [0.3, 0.4) is 0 Å². The zero-order valence-corrected chi connectivity index (χ0v) is 18.4.